The molecule has 0 aliphatic heterocycles. The van der Waals surface area contributed by atoms with Gasteiger partial charge in [-0.05, 0) is 190 Å². The van der Waals surface area contributed by atoms with E-state index in [1.54, 1.807) is 0 Å². The summed E-state index contributed by atoms with van der Waals surface area (Å²) in [6.45, 7) is 12.0. The van der Waals surface area contributed by atoms with Crippen LogP contribution < -0.4 is 0 Å². The zero-order valence-corrected chi connectivity index (χ0v) is 30.5. The van der Waals surface area contributed by atoms with Gasteiger partial charge in [0.1, 0.15) is 0 Å². The zero-order valence-electron chi connectivity index (χ0n) is 30.5. The van der Waals surface area contributed by atoms with Crippen molar-refractivity contribution in [2.24, 2.45) is 0 Å². The molecule has 10 rings (SSSR count). The average molecular weight is 709 g/mol. The van der Waals surface area contributed by atoms with Crippen molar-refractivity contribution in [1.82, 2.24) is 0 Å². The molecule has 0 heterocycles. The highest BCUT2D eigenvalue weighted by Crippen LogP contribution is 2.53. The molecule has 0 atom stereocenters. The van der Waals surface area contributed by atoms with Crippen LogP contribution >= 0.6 is 0 Å². The summed E-state index contributed by atoms with van der Waals surface area (Å²) in [5.74, 6) is 0. The number of hydrogen-bond donors (Lipinski definition) is 0. The molecule has 0 radical (unpaired) electrons. The van der Waals surface area contributed by atoms with Crippen molar-refractivity contribution in [2.75, 3.05) is 0 Å². The first-order valence-electron chi connectivity index (χ1n) is 18.4. The average Bonchev–Trinajstić information content (AvgIpc) is 3.55. The molecule has 0 saturated heterocycles. The van der Waals surface area contributed by atoms with E-state index in [0.717, 1.165) is 82.2 Å². The smallest absolute Gasteiger partial charge is 0.187 e. The maximum Gasteiger partial charge on any atom is 0.187 e. The molecule has 4 nitrogen and oxygen atoms in total. The van der Waals surface area contributed by atoms with Crippen LogP contribution in [-0.2, 0) is 0 Å². The summed E-state index contributed by atoms with van der Waals surface area (Å²) in [5, 5.41) is 37.6. The van der Waals surface area contributed by atoms with Gasteiger partial charge >= 0.3 is 0 Å². The number of fused-ring (bicyclic) bond motifs is 8. The maximum atomic E-state index is 9.75. The van der Waals surface area contributed by atoms with Crippen LogP contribution in [0, 0.1) is 54.4 Å². The molecule has 0 N–H and O–H groups in total. The molecule has 0 saturated carbocycles. The van der Waals surface area contributed by atoms with E-state index in [1.165, 1.54) is 27.6 Å². The predicted octanol–water partition coefficient (Wildman–Crippen LogP) is 13.7. The summed E-state index contributed by atoms with van der Waals surface area (Å²) in [6.07, 6.45) is 0. The van der Waals surface area contributed by atoms with E-state index in [1.807, 2.05) is 73.7 Å². The van der Waals surface area contributed by atoms with Gasteiger partial charge in [-0.25, -0.2) is 4.85 Å². The minimum atomic E-state index is 0.567. The van der Waals surface area contributed by atoms with Crippen molar-refractivity contribution in [1.29, 1.82) is 15.8 Å². The predicted molar refractivity (Wildman–Crippen MR) is 227 cm³/mol. The van der Waals surface area contributed by atoms with Crippen LogP contribution in [0.1, 0.15) is 27.8 Å². The largest absolute Gasteiger partial charge is 0.238 e. The van der Waals surface area contributed by atoms with Gasteiger partial charge < -0.3 is 0 Å². The van der Waals surface area contributed by atoms with Gasteiger partial charge in [0.25, 0.3) is 0 Å². The van der Waals surface area contributed by atoms with Gasteiger partial charge in [0.2, 0.25) is 0 Å². The highest BCUT2D eigenvalue weighted by Gasteiger charge is 2.26. The second-order valence-corrected chi connectivity index (χ2v) is 14.6. The lowest BCUT2D eigenvalue weighted by Gasteiger charge is -2.19. The molecule has 1 aliphatic rings. The molecule has 9 aromatic rings. The summed E-state index contributed by atoms with van der Waals surface area (Å²) in [4.78, 5) is 3.81. The Balaban J connectivity index is 1.33. The molecule has 0 spiro atoms. The van der Waals surface area contributed by atoms with Gasteiger partial charge in [-0.1, -0.05) is 66.7 Å². The minimum absolute atomic E-state index is 0.567. The molecular formula is C52H28N4. The van der Waals surface area contributed by atoms with Crippen molar-refractivity contribution < 1.29 is 0 Å². The Morgan fingerprint density at radius 1 is 0.393 bits per heavy atom. The Bertz CT molecular complexity index is 3410. The number of benzene rings is 9. The highest BCUT2D eigenvalue weighted by molar-refractivity contribution is 6.28. The van der Waals surface area contributed by atoms with Crippen LogP contribution in [0.5, 0.6) is 0 Å². The van der Waals surface area contributed by atoms with Crippen LogP contribution in [0.15, 0.2) is 133 Å². The number of nitriles is 3. The number of rotatable bonds is 3. The van der Waals surface area contributed by atoms with Crippen LogP contribution in [0.2, 0.25) is 0 Å². The van der Waals surface area contributed by atoms with E-state index in [0.29, 0.717) is 22.4 Å². The van der Waals surface area contributed by atoms with E-state index in [9.17, 15) is 15.8 Å². The maximum absolute atomic E-state index is 9.75. The fourth-order valence-electron chi connectivity index (χ4n) is 8.94. The van der Waals surface area contributed by atoms with Crippen LogP contribution in [-0.4, -0.2) is 0 Å². The molecule has 0 aromatic heterocycles. The summed E-state index contributed by atoms with van der Waals surface area (Å²) >= 11 is 0. The molecule has 0 unspecified atom stereocenters. The fourth-order valence-corrected chi connectivity index (χ4v) is 8.94. The highest BCUT2D eigenvalue weighted by atomic mass is 14.6. The Hall–Kier alpha value is -8.02. The number of hydrogen-bond acceptors (Lipinski definition) is 3. The zero-order chi connectivity index (χ0) is 38.2. The van der Waals surface area contributed by atoms with Gasteiger partial charge in [0, 0.05) is 0 Å². The SMILES string of the molecule is [C-]#[N+]c1ccc2c(c1)c(-c1ccc(C#N)cc1C)cc1c3cc4c(cc3c(-c3ccc(C#N)cc3C)cc21)-c1ccc(-c2ccc(C#N)cc2)c2cccc-4c12. The van der Waals surface area contributed by atoms with Gasteiger partial charge in [0.05, 0.1) is 41.5 Å². The van der Waals surface area contributed by atoms with Crippen molar-refractivity contribution in [2.45, 2.75) is 13.8 Å². The molecule has 0 bridgehead atoms. The lowest BCUT2D eigenvalue weighted by Crippen LogP contribution is -1.93. The van der Waals surface area contributed by atoms with E-state index >= 15 is 0 Å². The Kier molecular flexibility index (Phi) is 7.15. The van der Waals surface area contributed by atoms with E-state index in [4.69, 9.17) is 6.57 Å². The quantitative estimate of drug-likeness (QED) is 0.135. The summed E-state index contributed by atoms with van der Waals surface area (Å²) in [6, 6.07) is 52.5. The monoisotopic (exact) mass is 708 g/mol. The molecule has 0 fully saturated rings. The Morgan fingerprint density at radius 2 is 0.893 bits per heavy atom. The molecular weight excluding hydrogens is 681 g/mol. The van der Waals surface area contributed by atoms with E-state index in [2.05, 4.69) is 96.7 Å². The standard InChI is InChI=1S/C52H28N4/c1-29-19-32(27-54)9-14-36(29)44-23-50-46(39-16-13-35(56-3)21-43(39)44)22-45(37-15-10-33(28-55)20-30(37)2)49-25-48-42-18-17-38(34-11-7-31(26-53)8-12-34)40-5-4-6-41(52(40)42)47(48)24-51(49)50/h4-25H,1-2H3. The minimum Gasteiger partial charge on any atom is -0.238 e. The first kappa shape index (κ1) is 32.6. The van der Waals surface area contributed by atoms with E-state index in [-0.39, 0.29) is 0 Å². The van der Waals surface area contributed by atoms with Crippen molar-refractivity contribution in [3.63, 3.8) is 0 Å². The number of aryl methyl sites for hydroxylation is 2. The van der Waals surface area contributed by atoms with Gasteiger partial charge in [0.15, 0.2) is 5.69 Å². The van der Waals surface area contributed by atoms with Crippen molar-refractivity contribution >= 4 is 48.8 Å². The molecule has 56 heavy (non-hydrogen) atoms. The first-order chi connectivity index (χ1) is 27.4. The van der Waals surface area contributed by atoms with Crippen molar-refractivity contribution in [3.8, 4) is 73.8 Å². The van der Waals surface area contributed by atoms with Crippen LogP contribution in [0.3, 0.4) is 0 Å². The lowest BCUT2D eigenvalue weighted by molar-refractivity contribution is 1.42. The molecule has 1 aliphatic carbocycles. The van der Waals surface area contributed by atoms with Gasteiger partial charge in [-0.2, -0.15) is 15.8 Å². The third kappa shape index (κ3) is 4.75. The molecule has 4 heteroatoms. The first-order valence-corrected chi connectivity index (χ1v) is 18.4. The number of nitrogens with zero attached hydrogens (tertiary/aromatic N) is 4. The third-order valence-corrected chi connectivity index (χ3v) is 11.6. The summed E-state index contributed by atoms with van der Waals surface area (Å²) in [7, 11) is 0. The van der Waals surface area contributed by atoms with Crippen LogP contribution in [0.25, 0.3) is 104 Å². The molecule has 0 amide bonds. The fraction of sp³-hybridized carbons (Fsp3) is 0.0385. The normalized spacial score (nSPS) is 11.3. The molecule has 9 aromatic carbocycles. The van der Waals surface area contributed by atoms with Gasteiger partial charge in [-0.15, -0.1) is 0 Å². The second-order valence-electron chi connectivity index (χ2n) is 14.6. The van der Waals surface area contributed by atoms with Crippen molar-refractivity contribution in [3.05, 3.63) is 173 Å². The third-order valence-electron chi connectivity index (χ3n) is 11.6. The van der Waals surface area contributed by atoms with E-state index < -0.39 is 0 Å². The van der Waals surface area contributed by atoms with Crippen LogP contribution in [0.4, 0.5) is 5.69 Å². The lowest BCUT2D eigenvalue weighted by atomic mass is 9.84. The second kappa shape index (κ2) is 12.3. The topological polar surface area (TPSA) is 75.7 Å². The molecule has 256 valence electrons. The summed E-state index contributed by atoms with van der Waals surface area (Å²) < 4.78 is 0. The Labute approximate surface area is 323 Å². The summed E-state index contributed by atoms with van der Waals surface area (Å²) in [5.41, 5.74) is 15.5. The van der Waals surface area contributed by atoms with Gasteiger partial charge in [-0.3, -0.25) is 0 Å². The Morgan fingerprint density at radius 3 is 1.50 bits per heavy atom.